The van der Waals surface area contributed by atoms with Crippen LogP contribution in [0, 0.1) is 0 Å². The molecule has 1 amide bonds. The third kappa shape index (κ3) is 4.62. The van der Waals surface area contributed by atoms with Gasteiger partial charge in [0, 0.05) is 31.9 Å². The van der Waals surface area contributed by atoms with Gasteiger partial charge in [0.25, 0.3) is 0 Å². The maximum absolute atomic E-state index is 12.5. The number of hydrogen-bond acceptors (Lipinski definition) is 5. The Balaban J connectivity index is 1.58. The largest absolute Gasteiger partial charge is 0.373 e. The molecular formula is C18H27N3O4S. The molecule has 2 aliphatic heterocycles. The van der Waals surface area contributed by atoms with Gasteiger partial charge in [-0.05, 0) is 51.0 Å². The Labute approximate surface area is 155 Å². The van der Waals surface area contributed by atoms with E-state index in [2.05, 4.69) is 10.2 Å². The number of amides is 1. The Morgan fingerprint density at radius 2 is 1.69 bits per heavy atom. The highest BCUT2D eigenvalue weighted by molar-refractivity contribution is 7.89. The summed E-state index contributed by atoms with van der Waals surface area (Å²) in [4.78, 5) is 14.6. The summed E-state index contributed by atoms with van der Waals surface area (Å²) in [5, 5.41) is 2.84. The molecule has 2 heterocycles. The molecule has 2 unspecified atom stereocenters. The number of hydrogen-bond donors (Lipinski definition) is 1. The third-order valence-electron chi connectivity index (χ3n) is 4.70. The van der Waals surface area contributed by atoms with Gasteiger partial charge in [-0.15, -0.1) is 0 Å². The predicted molar refractivity (Wildman–Crippen MR) is 99.5 cm³/mol. The van der Waals surface area contributed by atoms with Crippen LogP contribution in [0.4, 0.5) is 5.69 Å². The summed E-state index contributed by atoms with van der Waals surface area (Å²) in [5.74, 6) is -0.110. The first-order valence-corrected chi connectivity index (χ1v) is 10.6. The van der Waals surface area contributed by atoms with Crippen molar-refractivity contribution in [2.24, 2.45) is 0 Å². The Kier molecular flexibility index (Phi) is 5.96. The first kappa shape index (κ1) is 19.3. The zero-order chi connectivity index (χ0) is 18.7. The zero-order valence-corrected chi connectivity index (χ0v) is 16.2. The first-order valence-electron chi connectivity index (χ1n) is 9.12. The fourth-order valence-electron chi connectivity index (χ4n) is 3.60. The van der Waals surface area contributed by atoms with Crippen LogP contribution >= 0.6 is 0 Å². The second-order valence-corrected chi connectivity index (χ2v) is 9.07. The Morgan fingerprint density at radius 1 is 1.12 bits per heavy atom. The number of sulfonamides is 1. The molecule has 2 saturated heterocycles. The maximum Gasteiger partial charge on any atom is 0.243 e. The van der Waals surface area contributed by atoms with Gasteiger partial charge in [0.2, 0.25) is 15.9 Å². The number of nitrogens with one attached hydrogen (secondary N) is 1. The van der Waals surface area contributed by atoms with Crippen LogP contribution in [0.5, 0.6) is 0 Å². The second-order valence-electron chi connectivity index (χ2n) is 7.14. The van der Waals surface area contributed by atoms with E-state index in [-0.39, 0.29) is 23.0 Å². The quantitative estimate of drug-likeness (QED) is 0.837. The lowest BCUT2D eigenvalue weighted by Crippen LogP contribution is -2.48. The molecule has 3 rings (SSSR count). The monoisotopic (exact) mass is 381 g/mol. The summed E-state index contributed by atoms with van der Waals surface area (Å²) in [5.41, 5.74) is 0.602. The molecule has 2 fully saturated rings. The number of carbonyl (C=O) groups excluding carboxylic acids is 1. The van der Waals surface area contributed by atoms with Crippen molar-refractivity contribution in [2.75, 3.05) is 38.0 Å². The van der Waals surface area contributed by atoms with Crippen LogP contribution in [-0.2, 0) is 19.6 Å². The summed E-state index contributed by atoms with van der Waals surface area (Å²) in [6.45, 7) is 6.91. The van der Waals surface area contributed by atoms with Crippen molar-refractivity contribution < 1.29 is 17.9 Å². The molecular weight excluding hydrogens is 354 g/mol. The van der Waals surface area contributed by atoms with Crippen molar-refractivity contribution in [3.05, 3.63) is 24.3 Å². The van der Waals surface area contributed by atoms with Crippen LogP contribution in [0.15, 0.2) is 29.2 Å². The lowest BCUT2D eigenvalue weighted by atomic mass is 10.2. The number of nitrogens with zero attached hydrogens (tertiary/aromatic N) is 2. The molecule has 2 aliphatic rings. The lowest BCUT2D eigenvalue weighted by molar-refractivity contribution is -0.121. The number of carbonyl (C=O) groups is 1. The van der Waals surface area contributed by atoms with E-state index >= 15 is 0 Å². The van der Waals surface area contributed by atoms with Gasteiger partial charge in [0.1, 0.15) is 0 Å². The fourth-order valence-corrected chi connectivity index (χ4v) is 5.12. The van der Waals surface area contributed by atoms with Crippen LogP contribution in [-0.4, -0.2) is 68.5 Å². The number of benzene rings is 1. The molecule has 0 saturated carbocycles. The van der Waals surface area contributed by atoms with Gasteiger partial charge in [-0.1, -0.05) is 0 Å². The van der Waals surface area contributed by atoms with Crippen molar-refractivity contribution >= 4 is 21.6 Å². The zero-order valence-electron chi connectivity index (χ0n) is 15.3. The van der Waals surface area contributed by atoms with E-state index in [4.69, 9.17) is 4.74 Å². The standard InChI is InChI=1S/C18H27N3O4S/c1-14-11-20(12-15(2)25-14)13-18(22)19-16-5-7-17(8-6-16)26(23,24)21-9-3-4-10-21/h5-8,14-15H,3-4,9-13H2,1-2H3,(H,19,22). The molecule has 144 valence electrons. The topological polar surface area (TPSA) is 79.0 Å². The third-order valence-corrected chi connectivity index (χ3v) is 6.62. The number of morpholine rings is 1. The van der Waals surface area contributed by atoms with Gasteiger partial charge in [-0.3, -0.25) is 9.69 Å². The molecule has 1 N–H and O–H groups in total. The molecule has 1 aromatic rings. The van der Waals surface area contributed by atoms with Crippen molar-refractivity contribution in [1.82, 2.24) is 9.21 Å². The molecule has 2 atom stereocenters. The van der Waals surface area contributed by atoms with Crippen LogP contribution in [0.2, 0.25) is 0 Å². The van der Waals surface area contributed by atoms with Gasteiger partial charge in [-0.2, -0.15) is 4.31 Å². The van der Waals surface area contributed by atoms with Crippen LogP contribution < -0.4 is 5.32 Å². The Morgan fingerprint density at radius 3 is 2.27 bits per heavy atom. The highest BCUT2D eigenvalue weighted by Crippen LogP contribution is 2.22. The van der Waals surface area contributed by atoms with Gasteiger partial charge in [0.05, 0.1) is 23.6 Å². The highest BCUT2D eigenvalue weighted by atomic mass is 32.2. The molecule has 7 nitrogen and oxygen atoms in total. The van der Waals surface area contributed by atoms with Crippen LogP contribution in [0.3, 0.4) is 0 Å². The van der Waals surface area contributed by atoms with Crippen molar-refractivity contribution in [3.8, 4) is 0 Å². The Bertz CT molecular complexity index is 719. The summed E-state index contributed by atoms with van der Waals surface area (Å²) in [7, 11) is -3.42. The summed E-state index contributed by atoms with van der Waals surface area (Å²) >= 11 is 0. The van der Waals surface area contributed by atoms with Gasteiger partial charge in [-0.25, -0.2) is 8.42 Å². The number of ether oxygens (including phenoxy) is 1. The maximum atomic E-state index is 12.5. The van der Waals surface area contributed by atoms with Crippen LogP contribution in [0.25, 0.3) is 0 Å². The minimum atomic E-state index is -3.42. The Hall–Kier alpha value is -1.48. The predicted octanol–water partition coefficient (Wildman–Crippen LogP) is 1.52. The van der Waals surface area contributed by atoms with E-state index in [0.717, 1.165) is 25.9 Å². The molecule has 8 heteroatoms. The summed E-state index contributed by atoms with van der Waals surface area (Å²) in [6.07, 6.45) is 2.04. The summed E-state index contributed by atoms with van der Waals surface area (Å²) < 4.78 is 32.2. The molecule has 0 spiro atoms. The second kappa shape index (κ2) is 8.04. The lowest BCUT2D eigenvalue weighted by Gasteiger charge is -2.34. The van der Waals surface area contributed by atoms with E-state index in [9.17, 15) is 13.2 Å². The molecule has 0 bridgehead atoms. The first-order chi connectivity index (χ1) is 12.3. The SMILES string of the molecule is CC1CN(CC(=O)Nc2ccc(S(=O)(=O)N3CCCC3)cc2)CC(C)O1. The summed E-state index contributed by atoms with van der Waals surface area (Å²) in [6, 6.07) is 6.40. The normalized spacial score (nSPS) is 25.3. The van der Waals surface area contributed by atoms with Gasteiger partial charge < -0.3 is 10.1 Å². The van der Waals surface area contributed by atoms with E-state index in [1.54, 1.807) is 24.3 Å². The molecule has 26 heavy (non-hydrogen) atoms. The van der Waals surface area contributed by atoms with Crippen molar-refractivity contribution in [3.63, 3.8) is 0 Å². The molecule has 0 aliphatic carbocycles. The van der Waals surface area contributed by atoms with Gasteiger partial charge >= 0.3 is 0 Å². The minimum Gasteiger partial charge on any atom is -0.373 e. The average molecular weight is 381 g/mol. The average Bonchev–Trinajstić information content (AvgIpc) is 3.09. The van der Waals surface area contributed by atoms with E-state index < -0.39 is 10.0 Å². The highest BCUT2D eigenvalue weighted by Gasteiger charge is 2.27. The van der Waals surface area contributed by atoms with Crippen molar-refractivity contribution in [2.45, 2.75) is 43.8 Å². The smallest absolute Gasteiger partial charge is 0.243 e. The number of anilines is 1. The van der Waals surface area contributed by atoms with Gasteiger partial charge in [0.15, 0.2) is 0 Å². The fraction of sp³-hybridized carbons (Fsp3) is 0.611. The number of rotatable bonds is 5. The van der Waals surface area contributed by atoms with E-state index in [0.29, 0.717) is 25.3 Å². The minimum absolute atomic E-state index is 0.110. The van der Waals surface area contributed by atoms with E-state index in [1.165, 1.54) is 4.31 Å². The van der Waals surface area contributed by atoms with Crippen molar-refractivity contribution in [1.29, 1.82) is 0 Å². The van der Waals surface area contributed by atoms with E-state index in [1.807, 2.05) is 13.8 Å². The van der Waals surface area contributed by atoms with Crippen LogP contribution in [0.1, 0.15) is 26.7 Å². The molecule has 1 aromatic carbocycles. The molecule has 0 aromatic heterocycles. The molecule has 0 radical (unpaired) electrons.